The topological polar surface area (TPSA) is 58.6 Å². The number of carbonyl (C=O) groups excluding carboxylic acids is 2. The van der Waals surface area contributed by atoms with Gasteiger partial charge in [0, 0.05) is 23.5 Å². The van der Waals surface area contributed by atoms with Gasteiger partial charge in [0.05, 0.1) is 0 Å². The summed E-state index contributed by atoms with van der Waals surface area (Å²) in [4.78, 5) is 28.9. The molecule has 3 aromatic rings. The van der Waals surface area contributed by atoms with Crippen LogP contribution in [0.5, 0.6) is 5.75 Å². The molecule has 0 radical (unpaired) electrons. The van der Waals surface area contributed by atoms with Crippen molar-refractivity contribution in [2.45, 2.75) is 59.2 Å². The van der Waals surface area contributed by atoms with Crippen LogP contribution >= 0.6 is 11.6 Å². The van der Waals surface area contributed by atoms with Gasteiger partial charge in [-0.1, -0.05) is 72.3 Å². The van der Waals surface area contributed by atoms with Gasteiger partial charge in [0.15, 0.2) is 6.61 Å². The number of aryl methyl sites for hydroxylation is 1. The summed E-state index contributed by atoms with van der Waals surface area (Å²) in [7, 11) is 0. The number of hydrogen-bond donors (Lipinski definition) is 1. The Morgan fingerprint density at radius 3 is 2.28 bits per heavy atom. The highest BCUT2D eigenvalue weighted by atomic mass is 35.5. The molecule has 5 nitrogen and oxygen atoms in total. The van der Waals surface area contributed by atoms with Gasteiger partial charge >= 0.3 is 0 Å². The molecule has 0 heterocycles. The number of carbonyl (C=O) groups is 2. The second kappa shape index (κ2) is 12.1. The molecule has 6 heteroatoms. The van der Waals surface area contributed by atoms with Crippen LogP contribution in [0.25, 0.3) is 0 Å². The van der Waals surface area contributed by atoms with E-state index in [1.807, 2.05) is 101 Å². The predicted octanol–water partition coefficient (Wildman–Crippen LogP) is 5.89. The van der Waals surface area contributed by atoms with Crippen molar-refractivity contribution in [2.75, 3.05) is 6.61 Å². The lowest BCUT2D eigenvalue weighted by molar-refractivity contribution is -0.143. The first-order valence-corrected chi connectivity index (χ1v) is 12.5. The molecule has 0 unspecified atom stereocenters. The van der Waals surface area contributed by atoms with Crippen LogP contribution in [0.2, 0.25) is 5.02 Å². The molecule has 0 fully saturated rings. The summed E-state index contributed by atoms with van der Waals surface area (Å²) < 4.78 is 5.95. The fourth-order valence-corrected chi connectivity index (χ4v) is 4.12. The third-order valence-corrected chi connectivity index (χ3v) is 6.34. The van der Waals surface area contributed by atoms with Crippen molar-refractivity contribution in [1.82, 2.24) is 10.2 Å². The van der Waals surface area contributed by atoms with E-state index in [2.05, 4.69) is 5.32 Å². The highest BCUT2D eigenvalue weighted by Gasteiger charge is 2.32. The number of nitrogens with zero attached hydrogens (tertiary/aromatic N) is 1. The molecule has 1 atom stereocenters. The van der Waals surface area contributed by atoms with E-state index < -0.39 is 11.6 Å². The number of amides is 2. The minimum atomic E-state index is -0.752. The van der Waals surface area contributed by atoms with Gasteiger partial charge in [-0.2, -0.15) is 0 Å². The first kappa shape index (κ1) is 27.3. The van der Waals surface area contributed by atoms with Crippen LogP contribution in [0.4, 0.5) is 0 Å². The first-order valence-electron chi connectivity index (χ1n) is 12.1. The Morgan fingerprint density at radius 2 is 1.61 bits per heavy atom. The summed E-state index contributed by atoms with van der Waals surface area (Å²) in [6.45, 7) is 9.73. The SMILES string of the molecule is Cc1cccc(OCC(=O)N(Cc2ccccc2Cl)[C@H](Cc2ccccc2)C(=O)NC(C)(C)C)c1C. The summed E-state index contributed by atoms with van der Waals surface area (Å²) in [5.41, 5.74) is 3.33. The molecule has 0 bridgehead atoms. The Bertz CT molecular complexity index is 1190. The molecule has 0 aliphatic rings. The monoisotopic (exact) mass is 506 g/mol. The Morgan fingerprint density at radius 1 is 0.944 bits per heavy atom. The Balaban J connectivity index is 1.96. The van der Waals surface area contributed by atoms with E-state index in [0.29, 0.717) is 17.2 Å². The number of halogens is 1. The van der Waals surface area contributed by atoms with Gasteiger partial charge in [-0.15, -0.1) is 0 Å². The zero-order chi connectivity index (χ0) is 26.3. The van der Waals surface area contributed by atoms with Crippen LogP contribution in [0, 0.1) is 13.8 Å². The molecule has 190 valence electrons. The molecular formula is C30H35ClN2O3. The minimum absolute atomic E-state index is 0.184. The quantitative estimate of drug-likeness (QED) is 0.393. The second-order valence-electron chi connectivity index (χ2n) is 10.0. The molecule has 0 aromatic heterocycles. The zero-order valence-electron chi connectivity index (χ0n) is 21.7. The average Bonchev–Trinajstić information content (AvgIpc) is 2.82. The van der Waals surface area contributed by atoms with Crippen molar-refractivity contribution in [3.8, 4) is 5.75 Å². The smallest absolute Gasteiger partial charge is 0.261 e. The lowest BCUT2D eigenvalue weighted by atomic mass is 10.0. The lowest BCUT2D eigenvalue weighted by Gasteiger charge is -2.34. The Hall–Kier alpha value is -3.31. The number of benzene rings is 3. The van der Waals surface area contributed by atoms with E-state index in [1.54, 1.807) is 11.0 Å². The van der Waals surface area contributed by atoms with Gasteiger partial charge in [-0.05, 0) is 69.0 Å². The summed E-state index contributed by atoms with van der Waals surface area (Å²) in [5.74, 6) is 0.138. The summed E-state index contributed by atoms with van der Waals surface area (Å²) in [6.07, 6.45) is 0.364. The third kappa shape index (κ3) is 7.59. The molecule has 0 aliphatic heterocycles. The molecule has 3 aromatic carbocycles. The second-order valence-corrected chi connectivity index (χ2v) is 10.5. The summed E-state index contributed by atoms with van der Waals surface area (Å²) >= 11 is 6.47. The number of hydrogen-bond acceptors (Lipinski definition) is 3. The molecule has 36 heavy (non-hydrogen) atoms. The summed E-state index contributed by atoms with van der Waals surface area (Å²) in [5, 5.41) is 3.60. The summed E-state index contributed by atoms with van der Waals surface area (Å²) in [6, 6.07) is 22.1. The molecule has 3 rings (SSSR count). The van der Waals surface area contributed by atoms with E-state index >= 15 is 0 Å². The van der Waals surface area contributed by atoms with E-state index in [9.17, 15) is 9.59 Å². The van der Waals surface area contributed by atoms with Gasteiger partial charge in [0.2, 0.25) is 5.91 Å². The Labute approximate surface area is 219 Å². The van der Waals surface area contributed by atoms with Crippen molar-refractivity contribution in [3.05, 3.63) is 100 Å². The van der Waals surface area contributed by atoms with E-state index in [1.165, 1.54) is 0 Å². The molecule has 0 spiro atoms. The van der Waals surface area contributed by atoms with Crippen molar-refractivity contribution in [1.29, 1.82) is 0 Å². The maximum atomic E-state index is 13.7. The van der Waals surface area contributed by atoms with Gasteiger partial charge in [0.25, 0.3) is 5.91 Å². The molecule has 0 aliphatic carbocycles. The van der Waals surface area contributed by atoms with E-state index in [0.717, 1.165) is 22.3 Å². The maximum Gasteiger partial charge on any atom is 0.261 e. The van der Waals surface area contributed by atoms with E-state index in [4.69, 9.17) is 16.3 Å². The molecular weight excluding hydrogens is 472 g/mol. The van der Waals surface area contributed by atoms with Crippen LogP contribution in [0.1, 0.15) is 43.0 Å². The van der Waals surface area contributed by atoms with Crippen LogP contribution in [0.3, 0.4) is 0 Å². The molecule has 0 saturated heterocycles. The number of ether oxygens (including phenoxy) is 1. The van der Waals surface area contributed by atoms with Gasteiger partial charge in [-0.3, -0.25) is 9.59 Å². The van der Waals surface area contributed by atoms with Crippen LogP contribution in [-0.2, 0) is 22.6 Å². The van der Waals surface area contributed by atoms with Crippen LogP contribution in [-0.4, -0.2) is 34.9 Å². The number of rotatable bonds is 9. The lowest BCUT2D eigenvalue weighted by Crippen LogP contribution is -2.55. The van der Waals surface area contributed by atoms with Crippen molar-refractivity contribution in [2.24, 2.45) is 0 Å². The van der Waals surface area contributed by atoms with Crippen molar-refractivity contribution >= 4 is 23.4 Å². The standard InChI is InChI=1S/C30H35ClN2O3/c1-21-12-11-17-27(22(21)2)36-20-28(34)33(19-24-15-9-10-16-25(24)31)26(29(35)32-30(3,4)5)18-23-13-7-6-8-14-23/h6-17,26H,18-20H2,1-5H3,(H,32,35)/t26-/m1/s1. The van der Waals surface area contributed by atoms with E-state index in [-0.39, 0.29) is 25.0 Å². The number of nitrogens with one attached hydrogen (secondary N) is 1. The molecule has 0 saturated carbocycles. The maximum absolute atomic E-state index is 13.7. The Kier molecular flexibility index (Phi) is 9.16. The third-order valence-electron chi connectivity index (χ3n) is 5.97. The minimum Gasteiger partial charge on any atom is -0.483 e. The van der Waals surface area contributed by atoms with Crippen LogP contribution in [0.15, 0.2) is 72.8 Å². The van der Waals surface area contributed by atoms with Crippen LogP contribution < -0.4 is 10.1 Å². The van der Waals surface area contributed by atoms with Crippen molar-refractivity contribution in [3.63, 3.8) is 0 Å². The molecule has 1 N–H and O–H groups in total. The predicted molar refractivity (Wildman–Crippen MR) is 145 cm³/mol. The largest absolute Gasteiger partial charge is 0.483 e. The van der Waals surface area contributed by atoms with Crippen molar-refractivity contribution < 1.29 is 14.3 Å². The first-order chi connectivity index (χ1) is 17.0. The fourth-order valence-electron chi connectivity index (χ4n) is 3.92. The van der Waals surface area contributed by atoms with Gasteiger partial charge in [-0.25, -0.2) is 0 Å². The molecule has 2 amide bonds. The highest BCUT2D eigenvalue weighted by Crippen LogP contribution is 2.23. The fraction of sp³-hybridized carbons (Fsp3) is 0.333. The van der Waals surface area contributed by atoms with Gasteiger partial charge in [0.1, 0.15) is 11.8 Å². The highest BCUT2D eigenvalue weighted by molar-refractivity contribution is 6.31. The zero-order valence-corrected chi connectivity index (χ0v) is 22.4. The van der Waals surface area contributed by atoms with Gasteiger partial charge < -0.3 is 15.0 Å². The average molecular weight is 507 g/mol. The normalized spacial score (nSPS) is 12.1.